The fourth-order valence-electron chi connectivity index (χ4n) is 2.45. The molecule has 0 radical (unpaired) electrons. The molecule has 2 aromatic heterocycles. The minimum absolute atomic E-state index is 0.136. The second-order valence-electron chi connectivity index (χ2n) is 5.86. The van der Waals surface area contributed by atoms with Crippen molar-refractivity contribution in [1.29, 1.82) is 0 Å². The van der Waals surface area contributed by atoms with Gasteiger partial charge in [0.25, 0.3) is 0 Å². The number of nitrogens with two attached hydrogens (primary N) is 1. The molecule has 0 unspecified atom stereocenters. The first-order valence-electron chi connectivity index (χ1n) is 6.53. The van der Waals surface area contributed by atoms with Crippen LogP contribution in [-0.2, 0) is 5.41 Å². The van der Waals surface area contributed by atoms with Crippen LogP contribution in [0.25, 0.3) is 16.5 Å². The van der Waals surface area contributed by atoms with E-state index in [0.29, 0.717) is 5.82 Å². The van der Waals surface area contributed by atoms with Crippen molar-refractivity contribution in [2.75, 3.05) is 5.73 Å². The van der Waals surface area contributed by atoms with Crippen molar-refractivity contribution in [2.24, 2.45) is 0 Å². The lowest BCUT2D eigenvalue weighted by Gasteiger charge is -2.20. The van der Waals surface area contributed by atoms with Gasteiger partial charge in [-0.05, 0) is 12.1 Å². The molecule has 0 atom stereocenters. The van der Waals surface area contributed by atoms with E-state index in [-0.39, 0.29) is 5.41 Å². The summed E-state index contributed by atoms with van der Waals surface area (Å²) in [5.41, 5.74) is 7.76. The number of hydrogen-bond donors (Lipinski definition) is 1. The zero-order valence-electron chi connectivity index (χ0n) is 11.8. The number of nitrogen functional groups attached to an aromatic ring is 1. The summed E-state index contributed by atoms with van der Waals surface area (Å²) in [5, 5.41) is 10.4. The lowest BCUT2D eigenvalue weighted by Crippen LogP contribution is -2.19. The van der Waals surface area contributed by atoms with E-state index in [4.69, 9.17) is 5.73 Å². The molecule has 0 saturated carbocycles. The Bertz CT molecular complexity index is 762. The molecule has 0 aliphatic heterocycles. The molecule has 5 nitrogen and oxygen atoms in total. The van der Waals surface area contributed by atoms with E-state index < -0.39 is 0 Å². The van der Waals surface area contributed by atoms with Crippen LogP contribution in [-0.4, -0.2) is 20.0 Å². The molecule has 5 heteroatoms. The van der Waals surface area contributed by atoms with Crippen LogP contribution in [0.15, 0.2) is 36.7 Å². The van der Waals surface area contributed by atoms with Crippen LogP contribution >= 0.6 is 0 Å². The number of anilines is 1. The van der Waals surface area contributed by atoms with Gasteiger partial charge in [-0.1, -0.05) is 38.1 Å². The van der Waals surface area contributed by atoms with Gasteiger partial charge in [-0.2, -0.15) is 0 Å². The van der Waals surface area contributed by atoms with Gasteiger partial charge in [0, 0.05) is 28.6 Å². The standard InChI is InChI=1S/C15H17N5/c1-15(2,3)13-14(16)18-19-20(13)12-6-4-5-10-9-17-8-7-11(10)12/h4-9H,16H2,1-3H3. The fraction of sp³-hybridized carbons (Fsp3) is 0.267. The summed E-state index contributed by atoms with van der Waals surface area (Å²) in [7, 11) is 0. The summed E-state index contributed by atoms with van der Waals surface area (Å²) in [5.74, 6) is 0.476. The molecule has 2 heterocycles. The molecule has 0 aliphatic rings. The third kappa shape index (κ3) is 1.91. The average Bonchev–Trinajstić information content (AvgIpc) is 2.80. The highest BCUT2D eigenvalue weighted by molar-refractivity contribution is 5.89. The number of hydrogen-bond acceptors (Lipinski definition) is 4. The average molecular weight is 267 g/mol. The zero-order chi connectivity index (χ0) is 14.3. The number of rotatable bonds is 1. The van der Waals surface area contributed by atoms with Gasteiger partial charge in [-0.3, -0.25) is 4.98 Å². The molecule has 102 valence electrons. The monoisotopic (exact) mass is 267 g/mol. The van der Waals surface area contributed by atoms with Gasteiger partial charge < -0.3 is 5.73 Å². The summed E-state index contributed by atoms with van der Waals surface area (Å²) < 4.78 is 1.83. The predicted molar refractivity (Wildman–Crippen MR) is 79.8 cm³/mol. The topological polar surface area (TPSA) is 69.6 Å². The number of aromatic nitrogens is 4. The Morgan fingerprint density at radius 2 is 1.95 bits per heavy atom. The van der Waals surface area contributed by atoms with Crippen molar-refractivity contribution in [3.63, 3.8) is 0 Å². The maximum atomic E-state index is 6.00. The van der Waals surface area contributed by atoms with Crippen molar-refractivity contribution in [2.45, 2.75) is 26.2 Å². The molecule has 0 spiro atoms. The summed E-state index contributed by atoms with van der Waals surface area (Å²) in [4.78, 5) is 4.15. The Hall–Kier alpha value is -2.43. The van der Waals surface area contributed by atoms with Crippen LogP contribution in [0.5, 0.6) is 0 Å². The van der Waals surface area contributed by atoms with Gasteiger partial charge in [-0.15, -0.1) is 5.10 Å². The van der Waals surface area contributed by atoms with E-state index in [1.807, 2.05) is 35.1 Å². The summed E-state index contributed by atoms with van der Waals surface area (Å²) in [6, 6.07) is 8.02. The van der Waals surface area contributed by atoms with E-state index in [1.54, 1.807) is 6.20 Å². The number of fused-ring (bicyclic) bond motifs is 1. The predicted octanol–water partition coefficient (Wildman–Crippen LogP) is 2.70. The summed E-state index contributed by atoms with van der Waals surface area (Å²) in [6.07, 6.45) is 3.62. The van der Waals surface area contributed by atoms with E-state index >= 15 is 0 Å². The van der Waals surface area contributed by atoms with Crippen LogP contribution < -0.4 is 5.73 Å². The minimum atomic E-state index is -0.136. The number of benzene rings is 1. The molecular weight excluding hydrogens is 250 g/mol. The Morgan fingerprint density at radius 1 is 1.15 bits per heavy atom. The van der Waals surface area contributed by atoms with Gasteiger partial charge in [0.2, 0.25) is 0 Å². The second kappa shape index (κ2) is 4.30. The first-order valence-corrected chi connectivity index (χ1v) is 6.53. The van der Waals surface area contributed by atoms with E-state index in [9.17, 15) is 0 Å². The quantitative estimate of drug-likeness (QED) is 0.736. The van der Waals surface area contributed by atoms with E-state index in [0.717, 1.165) is 22.2 Å². The molecular formula is C15H17N5. The van der Waals surface area contributed by atoms with Gasteiger partial charge in [0.15, 0.2) is 5.82 Å². The molecule has 0 fully saturated rings. The van der Waals surface area contributed by atoms with Crippen LogP contribution in [0.2, 0.25) is 0 Å². The van der Waals surface area contributed by atoms with E-state index in [1.165, 1.54) is 0 Å². The van der Waals surface area contributed by atoms with Crippen LogP contribution in [0.4, 0.5) is 5.82 Å². The molecule has 3 aromatic rings. The highest BCUT2D eigenvalue weighted by atomic mass is 15.4. The van der Waals surface area contributed by atoms with Crippen LogP contribution in [0.1, 0.15) is 26.5 Å². The highest BCUT2D eigenvalue weighted by Crippen LogP contribution is 2.30. The molecule has 0 aliphatic carbocycles. The van der Waals surface area contributed by atoms with E-state index in [2.05, 4.69) is 36.1 Å². The molecule has 2 N–H and O–H groups in total. The first-order chi connectivity index (χ1) is 9.48. The van der Waals surface area contributed by atoms with Gasteiger partial charge in [0.1, 0.15) is 0 Å². The minimum Gasteiger partial charge on any atom is -0.381 e. The van der Waals surface area contributed by atoms with Crippen molar-refractivity contribution >= 4 is 16.6 Å². The maximum absolute atomic E-state index is 6.00. The third-order valence-electron chi connectivity index (χ3n) is 3.29. The lowest BCUT2D eigenvalue weighted by molar-refractivity contribution is 0.545. The molecule has 1 aromatic carbocycles. The Labute approximate surface area is 117 Å². The zero-order valence-corrected chi connectivity index (χ0v) is 11.8. The molecule has 3 rings (SSSR count). The first kappa shape index (κ1) is 12.6. The fourth-order valence-corrected chi connectivity index (χ4v) is 2.45. The van der Waals surface area contributed by atoms with Gasteiger partial charge >= 0.3 is 0 Å². The Kier molecular flexibility index (Phi) is 2.71. The Balaban J connectivity index is 2.33. The number of nitrogens with zero attached hydrogens (tertiary/aromatic N) is 4. The molecule has 20 heavy (non-hydrogen) atoms. The molecule has 0 saturated heterocycles. The molecule has 0 bridgehead atoms. The normalized spacial score (nSPS) is 11.9. The van der Waals surface area contributed by atoms with Crippen molar-refractivity contribution in [3.05, 3.63) is 42.4 Å². The van der Waals surface area contributed by atoms with Crippen LogP contribution in [0.3, 0.4) is 0 Å². The van der Waals surface area contributed by atoms with Crippen LogP contribution in [0, 0.1) is 0 Å². The highest BCUT2D eigenvalue weighted by Gasteiger charge is 2.25. The summed E-state index contributed by atoms with van der Waals surface area (Å²) in [6.45, 7) is 6.31. The smallest absolute Gasteiger partial charge is 0.170 e. The SMILES string of the molecule is CC(C)(C)c1c(N)nnn1-c1cccc2cnccc12. The lowest BCUT2D eigenvalue weighted by atomic mass is 9.91. The number of pyridine rings is 1. The molecule has 0 amide bonds. The van der Waals surface area contributed by atoms with Crippen molar-refractivity contribution in [3.8, 4) is 5.69 Å². The summed E-state index contributed by atoms with van der Waals surface area (Å²) >= 11 is 0. The van der Waals surface area contributed by atoms with Gasteiger partial charge in [-0.25, -0.2) is 4.68 Å². The second-order valence-corrected chi connectivity index (χ2v) is 5.86. The third-order valence-corrected chi connectivity index (χ3v) is 3.29. The Morgan fingerprint density at radius 3 is 2.70 bits per heavy atom. The van der Waals surface area contributed by atoms with Crippen molar-refractivity contribution in [1.82, 2.24) is 20.0 Å². The van der Waals surface area contributed by atoms with Crippen molar-refractivity contribution < 1.29 is 0 Å². The maximum Gasteiger partial charge on any atom is 0.170 e. The van der Waals surface area contributed by atoms with Gasteiger partial charge in [0.05, 0.1) is 11.4 Å². The largest absolute Gasteiger partial charge is 0.381 e.